The number of aromatic nitrogens is 3. The lowest BCUT2D eigenvalue weighted by molar-refractivity contribution is -0.130. The van der Waals surface area contributed by atoms with Gasteiger partial charge in [0.05, 0.1) is 17.5 Å². The standard InChI is InChI=1S/C25H25N7OS/c26-23-28-24(27)30-25(29-23)34-15-20(33)32-22(17-10-5-2-6-11-17)19-13-7-12-18(21(19)31-32)14-16-8-3-1-4-9-16/h1-6,8-11,14,19,22H,7,12-13,15H2,(H4,26,27,28,29,30). The molecule has 0 saturated heterocycles. The summed E-state index contributed by atoms with van der Waals surface area (Å²) in [5.41, 5.74) is 15.8. The molecular formula is C25H25N7OS. The van der Waals surface area contributed by atoms with Crippen molar-refractivity contribution >= 4 is 41.4 Å². The minimum Gasteiger partial charge on any atom is -0.368 e. The molecule has 3 aromatic rings. The molecule has 8 nitrogen and oxygen atoms in total. The van der Waals surface area contributed by atoms with Crippen molar-refractivity contribution in [2.24, 2.45) is 11.0 Å². The molecule has 4 N–H and O–H groups in total. The molecule has 0 spiro atoms. The second kappa shape index (κ2) is 9.64. The number of carbonyl (C=O) groups is 1. The number of carbonyl (C=O) groups excluding carboxylic acids is 1. The molecule has 2 aromatic carbocycles. The summed E-state index contributed by atoms with van der Waals surface area (Å²) in [6, 6.07) is 20.2. The zero-order valence-electron chi connectivity index (χ0n) is 18.5. The number of nitrogen functional groups attached to an aromatic ring is 2. The van der Waals surface area contributed by atoms with Gasteiger partial charge in [-0.2, -0.15) is 20.1 Å². The Hall–Kier alpha value is -3.72. The second-order valence-electron chi connectivity index (χ2n) is 8.28. The fraction of sp³-hybridized carbons (Fsp3) is 0.240. The number of allylic oxidation sites excluding steroid dienone is 1. The van der Waals surface area contributed by atoms with E-state index in [0.717, 1.165) is 36.1 Å². The van der Waals surface area contributed by atoms with Gasteiger partial charge in [0.2, 0.25) is 11.9 Å². The number of nitrogens with two attached hydrogens (primary N) is 2. The van der Waals surface area contributed by atoms with Gasteiger partial charge in [-0.05, 0) is 42.0 Å². The van der Waals surface area contributed by atoms with Crippen LogP contribution in [-0.2, 0) is 4.79 Å². The maximum Gasteiger partial charge on any atom is 0.253 e. The second-order valence-corrected chi connectivity index (χ2v) is 9.22. The van der Waals surface area contributed by atoms with Crippen molar-refractivity contribution in [1.29, 1.82) is 0 Å². The number of hydrogen-bond acceptors (Lipinski definition) is 8. The van der Waals surface area contributed by atoms with Crippen molar-refractivity contribution in [3.05, 3.63) is 77.4 Å². The van der Waals surface area contributed by atoms with Gasteiger partial charge < -0.3 is 11.5 Å². The van der Waals surface area contributed by atoms with E-state index >= 15 is 0 Å². The topological polar surface area (TPSA) is 123 Å². The molecule has 0 bridgehead atoms. The Morgan fingerprint density at radius 2 is 1.68 bits per heavy atom. The third kappa shape index (κ3) is 4.65. The quantitative estimate of drug-likeness (QED) is 0.540. The highest BCUT2D eigenvalue weighted by Gasteiger charge is 2.43. The largest absolute Gasteiger partial charge is 0.368 e. The van der Waals surface area contributed by atoms with Crippen LogP contribution in [0, 0.1) is 5.92 Å². The number of thioether (sulfide) groups is 1. The summed E-state index contributed by atoms with van der Waals surface area (Å²) >= 11 is 1.18. The summed E-state index contributed by atoms with van der Waals surface area (Å²) in [6.45, 7) is 0. The molecule has 172 valence electrons. The van der Waals surface area contributed by atoms with Crippen molar-refractivity contribution in [3.8, 4) is 0 Å². The van der Waals surface area contributed by atoms with Gasteiger partial charge in [0, 0.05) is 5.92 Å². The van der Waals surface area contributed by atoms with Crippen LogP contribution >= 0.6 is 11.8 Å². The molecule has 2 aliphatic rings. The van der Waals surface area contributed by atoms with Gasteiger partial charge >= 0.3 is 0 Å². The van der Waals surface area contributed by atoms with Crippen molar-refractivity contribution in [2.75, 3.05) is 17.2 Å². The maximum atomic E-state index is 13.4. The van der Waals surface area contributed by atoms with Gasteiger partial charge in [-0.25, -0.2) is 5.01 Å². The first-order chi connectivity index (χ1) is 16.6. The lowest BCUT2D eigenvalue weighted by Gasteiger charge is -2.29. The molecule has 2 unspecified atom stereocenters. The van der Waals surface area contributed by atoms with Crippen LogP contribution in [0.25, 0.3) is 6.08 Å². The smallest absolute Gasteiger partial charge is 0.253 e. The molecular weight excluding hydrogens is 446 g/mol. The Morgan fingerprint density at radius 3 is 2.38 bits per heavy atom. The summed E-state index contributed by atoms with van der Waals surface area (Å²) in [7, 11) is 0. The van der Waals surface area contributed by atoms with Crippen molar-refractivity contribution in [2.45, 2.75) is 30.5 Å². The molecule has 2 heterocycles. The van der Waals surface area contributed by atoms with E-state index in [1.165, 1.54) is 17.3 Å². The maximum absolute atomic E-state index is 13.4. The molecule has 1 fully saturated rings. The van der Waals surface area contributed by atoms with Crippen molar-refractivity contribution in [3.63, 3.8) is 0 Å². The third-order valence-electron chi connectivity index (χ3n) is 6.01. The van der Waals surface area contributed by atoms with Crippen molar-refractivity contribution in [1.82, 2.24) is 20.0 Å². The van der Waals surface area contributed by atoms with E-state index in [1.54, 1.807) is 5.01 Å². The van der Waals surface area contributed by atoms with E-state index in [4.69, 9.17) is 16.6 Å². The number of fused-ring (bicyclic) bond motifs is 1. The molecule has 2 atom stereocenters. The minimum atomic E-state index is -0.141. The zero-order chi connectivity index (χ0) is 23.5. The molecule has 0 radical (unpaired) electrons. The Labute approximate surface area is 202 Å². The number of hydrazone groups is 1. The third-order valence-corrected chi connectivity index (χ3v) is 6.84. The van der Waals surface area contributed by atoms with E-state index in [2.05, 4.69) is 45.3 Å². The van der Waals surface area contributed by atoms with Gasteiger partial charge in [-0.1, -0.05) is 72.4 Å². The van der Waals surface area contributed by atoms with E-state index < -0.39 is 0 Å². The summed E-state index contributed by atoms with van der Waals surface area (Å²) in [5, 5.41) is 6.88. The lowest BCUT2D eigenvalue weighted by atomic mass is 9.77. The van der Waals surface area contributed by atoms with Crippen LogP contribution < -0.4 is 11.5 Å². The van der Waals surface area contributed by atoms with E-state index in [9.17, 15) is 4.79 Å². The predicted molar refractivity (Wildman–Crippen MR) is 135 cm³/mol. The summed E-state index contributed by atoms with van der Waals surface area (Å²) in [4.78, 5) is 25.3. The van der Waals surface area contributed by atoms with Crippen LogP contribution in [0.2, 0.25) is 0 Å². The Kier molecular flexibility index (Phi) is 6.27. The highest BCUT2D eigenvalue weighted by Crippen LogP contribution is 2.44. The van der Waals surface area contributed by atoms with E-state index in [-0.39, 0.29) is 35.5 Å². The first-order valence-corrected chi connectivity index (χ1v) is 12.2. The van der Waals surface area contributed by atoms with Crippen LogP contribution in [0.1, 0.15) is 36.4 Å². The fourth-order valence-corrected chi connectivity index (χ4v) is 5.29. The first kappa shape index (κ1) is 22.1. The summed E-state index contributed by atoms with van der Waals surface area (Å²) in [6.07, 6.45) is 5.20. The summed E-state index contributed by atoms with van der Waals surface area (Å²) in [5.74, 6) is 0.231. The molecule has 1 amide bonds. The van der Waals surface area contributed by atoms with Gasteiger partial charge in [-0.3, -0.25) is 4.79 Å². The van der Waals surface area contributed by atoms with Gasteiger partial charge in [0.1, 0.15) is 0 Å². The molecule has 9 heteroatoms. The van der Waals surface area contributed by atoms with Crippen LogP contribution in [0.15, 0.2) is 76.5 Å². The van der Waals surface area contributed by atoms with E-state index in [0.29, 0.717) is 5.16 Å². The normalized spacial score (nSPS) is 20.8. The van der Waals surface area contributed by atoms with Crippen LogP contribution in [0.4, 0.5) is 11.9 Å². The zero-order valence-corrected chi connectivity index (χ0v) is 19.4. The lowest BCUT2D eigenvalue weighted by Crippen LogP contribution is -2.32. The monoisotopic (exact) mass is 471 g/mol. The summed E-state index contributed by atoms with van der Waals surface area (Å²) < 4.78 is 0. The Morgan fingerprint density at radius 1 is 1.00 bits per heavy atom. The van der Waals surface area contributed by atoms with Crippen LogP contribution in [-0.4, -0.2) is 37.3 Å². The highest BCUT2D eigenvalue weighted by molar-refractivity contribution is 7.99. The Balaban J connectivity index is 1.45. The number of nitrogens with zero attached hydrogens (tertiary/aromatic N) is 5. The number of amides is 1. The van der Waals surface area contributed by atoms with Crippen molar-refractivity contribution < 1.29 is 4.79 Å². The number of benzene rings is 2. The fourth-order valence-electron chi connectivity index (χ4n) is 4.59. The molecule has 1 saturated carbocycles. The number of anilines is 2. The molecule has 5 rings (SSSR count). The average molecular weight is 472 g/mol. The minimum absolute atomic E-state index is 0.0349. The Bertz CT molecular complexity index is 1230. The van der Waals surface area contributed by atoms with Crippen LogP contribution in [0.5, 0.6) is 0 Å². The molecule has 1 aliphatic carbocycles. The SMILES string of the molecule is Nc1nc(N)nc(SCC(=O)N2N=C3C(=Cc4ccccc4)CCCC3C2c2ccccc2)n1. The van der Waals surface area contributed by atoms with Crippen LogP contribution in [0.3, 0.4) is 0 Å². The highest BCUT2D eigenvalue weighted by atomic mass is 32.2. The van der Waals surface area contributed by atoms with Gasteiger partial charge in [0.15, 0.2) is 5.16 Å². The average Bonchev–Trinajstić information content (AvgIpc) is 3.24. The van der Waals surface area contributed by atoms with Gasteiger partial charge in [-0.15, -0.1) is 0 Å². The van der Waals surface area contributed by atoms with E-state index in [1.807, 2.05) is 36.4 Å². The predicted octanol–water partition coefficient (Wildman–Crippen LogP) is 3.95. The number of hydrogen-bond donors (Lipinski definition) is 2. The molecule has 1 aliphatic heterocycles. The number of rotatable bonds is 5. The molecule has 1 aromatic heterocycles. The first-order valence-electron chi connectivity index (χ1n) is 11.2. The van der Waals surface area contributed by atoms with Gasteiger partial charge in [0.25, 0.3) is 5.91 Å². The molecule has 34 heavy (non-hydrogen) atoms.